The van der Waals surface area contributed by atoms with Crippen LogP contribution in [0.15, 0.2) is 36.7 Å². The normalized spacial score (nSPS) is 14.7. The van der Waals surface area contributed by atoms with Crippen LogP contribution in [-0.4, -0.2) is 6.04 Å². The van der Waals surface area contributed by atoms with Crippen LogP contribution < -0.4 is 9.64 Å². The van der Waals surface area contributed by atoms with E-state index in [0.717, 1.165) is 17.3 Å². The monoisotopic (exact) mass is 175 g/mol. The smallest absolute Gasteiger partial charge is 0.193 e. The van der Waals surface area contributed by atoms with Crippen molar-refractivity contribution in [2.45, 2.75) is 19.9 Å². The van der Waals surface area contributed by atoms with Crippen LogP contribution in [0.5, 0.6) is 5.75 Å². The van der Waals surface area contributed by atoms with Crippen LogP contribution in [0.2, 0.25) is 0 Å². The molecule has 0 saturated carbocycles. The molecule has 0 aromatic heterocycles. The summed E-state index contributed by atoms with van der Waals surface area (Å²) < 4.78 is 5.51. The number of rotatable bonds is 1. The Kier molecular flexibility index (Phi) is 1.76. The molecule has 68 valence electrons. The minimum atomic E-state index is 0.385. The van der Waals surface area contributed by atoms with Gasteiger partial charge in [-0.1, -0.05) is 12.1 Å². The molecule has 0 amide bonds. The van der Waals surface area contributed by atoms with Gasteiger partial charge in [-0.3, -0.25) is 0 Å². The lowest BCUT2D eigenvalue weighted by molar-refractivity contribution is 0.434. The van der Waals surface area contributed by atoms with Crippen molar-refractivity contribution in [2.24, 2.45) is 0 Å². The van der Waals surface area contributed by atoms with Crippen molar-refractivity contribution >= 4 is 5.69 Å². The van der Waals surface area contributed by atoms with E-state index in [2.05, 4.69) is 25.3 Å². The Morgan fingerprint density at radius 1 is 1.31 bits per heavy atom. The Labute approximate surface area is 78.4 Å². The van der Waals surface area contributed by atoms with Crippen molar-refractivity contribution < 1.29 is 4.74 Å². The van der Waals surface area contributed by atoms with Crippen LogP contribution in [0.1, 0.15) is 13.8 Å². The van der Waals surface area contributed by atoms with Gasteiger partial charge >= 0.3 is 0 Å². The van der Waals surface area contributed by atoms with Crippen molar-refractivity contribution in [1.29, 1.82) is 0 Å². The molecule has 13 heavy (non-hydrogen) atoms. The van der Waals surface area contributed by atoms with E-state index in [-0.39, 0.29) is 0 Å². The summed E-state index contributed by atoms with van der Waals surface area (Å²) in [7, 11) is 0. The lowest BCUT2D eigenvalue weighted by atomic mass is 10.2. The van der Waals surface area contributed by atoms with Crippen molar-refractivity contribution in [3.05, 3.63) is 36.7 Å². The molecule has 2 heteroatoms. The van der Waals surface area contributed by atoms with E-state index in [1.807, 2.05) is 24.3 Å². The van der Waals surface area contributed by atoms with Crippen molar-refractivity contribution in [3.63, 3.8) is 0 Å². The maximum atomic E-state index is 5.51. The highest BCUT2D eigenvalue weighted by Gasteiger charge is 2.25. The van der Waals surface area contributed by atoms with E-state index >= 15 is 0 Å². The van der Waals surface area contributed by atoms with Gasteiger partial charge in [0.2, 0.25) is 0 Å². The molecule has 1 heterocycles. The maximum absolute atomic E-state index is 5.51. The van der Waals surface area contributed by atoms with E-state index in [9.17, 15) is 0 Å². The molecule has 0 atom stereocenters. The molecule has 0 saturated heterocycles. The summed E-state index contributed by atoms with van der Waals surface area (Å²) in [6.07, 6.45) is 0. The molecule has 2 rings (SSSR count). The molecular weight excluding hydrogens is 162 g/mol. The van der Waals surface area contributed by atoms with Gasteiger partial charge in [-0.2, -0.15) is 0 Å². The molecule has 0 N–H and O–H groups in total. The first-order chi connectivity index (χ1) is 6.20. The van der Waals surface area contributed by atoms with Crippen molar-refractivity contribution in [3.8, 4) is 5.75 Å². The molecule has 1 aromatic carbocycles. The Hall–Kier alpha value is -1.44. The van der Waals surface area contributed by atoms with E-state index < -0.39 is 0 Å². The second-order valence-corrected chi connectivity index (χ2v) is 3.43. The van der Waals surface area contributed by atoms with Gasteiger partial charge in [-0.15, -0.1) is 0 Å². The number of ether oxygens (including phenoxy) is 1. The average molecular weight is 175 g/mol. The number of benzene rings is 1. The average Bonchev–Trinajstić information content (AvgIpc) is 2.39. The van der Waals surface area contributed by atoms with Crippen molar-refractivity contribution in [1.82, 2.24) is 0 Å². The summed E-state index contributed by atoms with van der Waals surface area (Å²) >= 11 is 0. The van der Waals surface area contributed by atoms with E-state index in [1.165, 1.54) is 0 Å². The number of nitrogens with zero attached hydrogens (tertiary/aromatic N) is 1. The molecular formula is C11H13NO. The van der Waals surface area contributed by atoms with Gasteiger partial charge in [0, 0.05) is 6.04 Å². The summed E-state index contributed by atoms with van der Waals surface area (Å²) in [4.78, 5) is 2.09. The summed E-state index contributed by atoms with van der Waals surface area (Å²) in [5.74, 6) is 1.62. The number of para-hydroxylation sites is 2. The van der Waals surface area contributed by atoms with Gasteiger partial charge in [-0.05, 0) is 32.6 Å². The highest BCUT2D eigenvalue weighted by atomic mass is 16.5. The fourth-order valence-corrected chi connectivity index (χ4v) is 1.62. The largest absolute Gasteiger partial charge is 0.439 e. The minimum Gasteiger partial charge on any atom is -0.439 e. The van der Waals surface area contributed by atoms with Crippen LogP contribution in [0, 0.1) is 0 Å². The zero-order chi connectivity index (χ0) is 9.42. The fourth-order valence-electron chi connectivity index (χ4n) is 1.62. The number of hydrogen-bond donors (Lipinski definition) is 0. The third-order valence-electron chi connectivity index (χ3n) is 2.14. The topological polar surface area (TPSA) is 12.5 Å². The quantitative estimate of drug-likeness (QED) is 0.650. The molecule has 0 spiro atoms. The Balaban J connectivity index is 2.46. The minimum absolute atomic E-state index is 0.385. The lowest BCUT2D eigenvalue weighted by Gasteiger charge is -2.21. The number of fused-ring (bicyclic) bond motifs is 1. The first kappa shape index (κ1) is 8.17. The first-order valence-electron chi connectivity index (χ1n) is 4.45. The van der Waals surface area contributed by atoms with Crippen LogP contribution in [0.3, 0.4) is 0 Å². The third kappa shape index (κ3) is 1.18. The van der Waals surface area contributed by atoms with Gasteiger partial charge in [0.05, 0.1) is 5.69 Å². The Morgan fingerprint density at radius 2 is 2.00 bits per heavy atom. The van der Waals surface area contributed by atoms with Gasteiger partial charge in [0.25, 0.3) is 0 Å². The fraction of sp³-hybridized carbons (Fsp3) is 0.273. The highest BCUT2D eigenvalue weighted by molar-refractivity contribution is 5.66. The molecule has 0 aliphatic carbocycles. The molecule has 1 aromatic rings. The second-order valence-electron chi connectivity index (χ2n) is 3.43. The molecule has 1 aliphatic heterocycles. The lowest BCUT2D eigenvalue weighted by Crippen LogP contribution is -2.27. The highest BCUT2D eigenvalue weighted by Crippen LogP contribution is 2.38. The Morgan fingerprint density at radius 3 is 2.69 bits per heavy atom. The molecule has 0 radical (unpaired) electrons. The van der Waals surface area contributed by atoms with Crippen molar-refractivity contribution in [2.75, 3.05) is 4.90 Å². The third-order valence-corrected chi connectivity index (χ3v) is 2.14. The van der Waals surface area contributed by atoms with Crippen LogP contribution >= 0.6 is 0 Å². The van der Waals surface area contributed by atoms with E-state index in [1.54, 1.807) is 0 Å². The first-order valence-corrected chi connectivity index (χ1v) is 4.45. The Bertz CT molecular complexity index is 344. The molecule has 1 aliphatic rings. The summed E-state index contributed by atoms with van der Waals surface area (Å²) in [5, 5.41) is 0. The van der Waals surface area contributed by atoms with E-state index in [0.29, 0.717) is 6.04 Å². The molecule has 2 nitrogen and oxygen atoms in total. The zero-order valence-electron chi connectivity index (χ0n) is 7.95. The van der Waals surface area contributed by atoms with Gasteiger partial charge in [-0.25, -0.2) is 0 Å². The zero-order valence-corrected chi connectivity index (χ0v) is 7.95. The number of anilines is 1. The molecule has 0 fully saturated rings. The second kappa shape index (κ2) is 2.80. The van der Waals surface area contributed by atoms with Gasteiger partial charge in [0.15, 0.2) is 11.6 Å². The summed E-state index contributed by atoms with van der Waals surface area (Å²) in [6, 6.07) is 8.37. The van der Waals surface area contributed by atoms with Crippen LogP contribution in [-0.2, 0) is 0 Å². The predicted octanol–water partition coefficient (Wildman–Crippen LogP) is 2.77. The molecule has 0 bridgehead atoms. The van der Waals surface area contributed by atoms with Crippen LogP contribution in [0.25, 0.3) is 0 Å². The molecule has 0 unspecified atom stereocenters. The van der Waals surface area contributed by atoms with Gasteiger partial charge < -0.3 is 9.64 Å². The summed E-state index contributed by atoms with van der Waals surface area (Å²) in [6.45, 7) is 8.12. The van der Waals surface area contributed by atoms with Crippen LogP contribution in [0.4, 0.5) is 5.69 Å². The number of hydrogen-bond acceptors (Lipinski definition) is 2. The van der Waals surface area contributed by atoms with Gasteiger partial charge in [0.1, 0.15) is 0 Å². The predicted molar refractivity (Wildman–Crippen MR) is 53.8 cm³/mol. The summed E-state index contributed by atoms with van der Waals surface area (Å²) in [5.41, 5.74) is 1.11. The maximum Gasteiger partial charge on any atom is 0.193 e. The standard InChI is InChI=1S/C11H13NO/c1-8(2)12-9(3)13-11-7-5-4-6-10(11)12/h4-8H,3H2,1-2H3. The van der Waals surface area contributed by atoms with E-state index in [4.69, 9.17) is 4.74 Å². The SMILES string of the molecule is C=C1Oc2ccccc2N1C(C)C.